The van der Waals surface area contributed by atoms with Crippen molar-refractivity contribution in [3.63, 3.8) is 0 Å². The van der Waals surface area contributed by atoms with Crippen LogP contribution < -0.4 is 10.6 Å². The summed E-state index contributed by atoms with van der Waals surface area (Å²) in [6.07, 6.45) is 3.06. The van der Waals surface area contributed by atoms with Crippen molar-refractivity contribution < 1.29 is 4.79 Å². The van der Waals surface area contributed by atoms with Crippen molar-refractivity contribution in [1.29, 1.82) is 0 Å². The van der Waals surface area contributed by atoms with Gasteiger partial charge in [0.2, 0.25) is 5.91 Å². The molecule has 3 nitrogen and oxygen atoms in total. The third-order valence-electron chi connectivity index (χ3n) is 3.77. The number of thioether (sulfide) groups is 1. The predicted molar refractivity (Wildman–Crippen MR) is 85.0 cm³/mol. The Bertz CT molecular complexity index is 424. The molecule has 1 saturated heterocycles. The molecule has 3 unspecified atom stereocenters. The highest BCUT2D eigenvalue weighted by Gasteiger charge is 2.25. The van der Waals surface area contributed by atoms with E-state index in [-0.39, 0.29) is 17.2 Å². The zero-order chi connectivity index (χ0) is 14.4. The van der Waals surface area contributed by atoms with Gasteiger partial charge in [-0.15, -0.1) is 11.8 Å². The maximum atomic E-state index is 12.4. The fourth-order valence-corrected chi connectivity index (χ4v) is 3.49. The molecule has 0 spiro atoms. The summed E-state index contributed by atoms with van der Waals surface area (Å²) >= 11 is 1.65. The number of benzene rings is 1. The van der Waals surface area contributed by atoms with E-state index in [2.05, 4.69) is 36.6 Å². The molecule has 3 atom stereocenters. The van der Waals surface area contributed by atoms with Crippen LogP contribution in [0.3, 0.4) is 0 Å². The van der Waals surface area contributed by atoms with Gasteiger partial charge in [-0.3, -0.25) is 4.79 Å². The number of hydrogen-bond acceptors (Lipinski definition) is 3. The summed E-state index contributed by atoms with van der Waals surface area (Å²) in [6.45, 7) is 5.28. The van der Waals surface area contributed by atoms with Crippen LogP contribution in [0.1, 0.15) is 33.1 Å². The summed E-state index contributed by atoms with van der Waals surface area (Å²) in [5.41, 5.74) is 0. The van der Waals surface area contributed by atoms with Gasteiger partial charge in [0.05, 0.1) is 5.25 Å². The Kier molecular flexibility index (Phi) is 5.92. The molecule has 20 heavy (non-hydrogen) atoms. The van der Waals surface area contributed by atoms with Gasteiger partial charge in [-0.25, -0.2) is 0 Å². The molecule has 1 fully saturated rings. The third kappa shape index (κ3) is 4.25. The Morgan fingerprint density at radius 1 is 1.45 bits per heavy atom. The first-order valence-electron chi connectivity index (χ1n) is 7.46. The molecule has 110 valence electrons. The van der Waals surface area contributed by atoms with Crippen molar-refractivity contribution in [2.45, 2.75) is 55.3 Å². The van der Waals surface area contributed by atoms with Crippen LogP contribution in [-0.4, -0.2) is 29.8 Å². The third-order valence-corrected chi connectivity index (χ3v) is 5.15. The smallest absolute Gasteiger partial charge is 0.233 e. The number of piperidine rings is 1. The topological polar surface area (TPSA) is 41.1 Å². The minimum absolute atomic E-state index is 0.00785. The summed E-state index contributed by atoms with van der Waals surface area (Å²) < 4.78 is 0. The van der Waals surface area contributed by atoms with Crippen LogP contribution in [0.2, 0.25) is 0 Å². The van der Waals surface area contributed by atoms with Crippen molar-refractivity contribution in [2.24, 2.45) is 0 Å². The van der Waals surface area contributed by atoms with Gasteiger partial charge in [0.25, 0.3) is 0 Å². The number of rotatable bonds is 5. The Hall–Kier alpha value is -1.00. The van der Waals surface area contributed by atoms with Crippen molar-refractivity contribution in [3.05, 3.63) is 30.3 Å². The first kappa shape index (κ1) is 15.4. The van der Waals surface area contributed by atoms with E-state index in [0.717, 1.165) is 30.7 Å². The SMILES string of the molecule is CCC(Sc1ccccc1)C(=O)NC1CCCNC1C. The van der Waals surface area contributed by atoms with E-state index in [0.29, 0.717) is 6.04 Å². The molecule has 4 heteroatoms. The molecule has 1 heterocycles. The van der Waals surface area contributed by atoms with E-state index in [9.17, 15) is 4.79 Å². The lowest BCUT2D eigenvalue weighted by Gasteiger charge is -2.31. The summed E-state index contributed by atoms with van der Waals surface area (Å²) in [5, 5.41) is 6.63. The lowest BCUT2D eigenvalue weighted by atomic mass is 10.00. The van der Waals surface area contributed by atoms with E-state index in [4.69, 9.17) is 0 Å². The van der Waals surface area contributed by atoms with Gasteiger partial charge in [-0.2, -0.15) is 0 Å². The van der Waals surface area contributed by atoms with Gasteiger partial charge in [-0.1, -0.05) is 25.1 Å². The van der Waals surface area contributed by atoms with Gasteiger partial charge < -0.3 is 10.6 Å². The number of carbonyl (C=O) groups excluding carboxylic acids is 1. The van der Waals surface area contributed by atoms with Gasteiger partial charge in [0.15, 0.2) is 0 Å². The molecular weight excluding hydrogens is 268 g/mol. The standard InChI is InChI=1S/C16H24N2OS/c1-3-15(20-13-8-5-4-6-9-13)16(19)18-14-10-7-11-17-12(14)2/h4-6,8-9,12,14-15,17H,3,7,10-11H2,1-2H3,(H,18,19). The van der Waals surface area contributed by atoms with E-state index < -0.39 is 0 Å². The Labute approximate surface area is 125 Å². The van der Waals surface area contributed by atoms with E-state index in [1.807, 2.05) is 18.2 Å². The van der Waals surface area contributed by atoms with Gasteiger partial charge in [-0.05, 0) is 44.9 Å². The van der Waals surface area contributed by atoms with Crippen LogP contribution in [-0.2, 0) is 4.79 Å². The van der Waals surface area contributed by atoms with Crippen LogP contribution >= 0.6 is 11.8 Å². The molecule has 1 aliphatic heterocycles. The van der Waals surface area contributed by atoms with Crippen molar-refractivity contribution in [2.75, 3.05) is 6.54 Å². The second-order valence-corrected chi connectivity index (χ2v) is 6.60. The fourth-order valence-electron chi connectivity index (χ4n) is 2.50. The maximum Gasteiger partial charge on any atom is 0.233 e. The largest absolute Gasteiger partial charge is 0.351 e. The fraction of sp³-hybridized carbons (Fsp3) is 0.562. The van der Waals surface area contributed by atoms with Crippen LogP contribution in [0.4, 0.5) is 0 Å². The lowest BCUT2D eigenvalue weighted by Crippen LogP contribution is -2.53. The molecule has 0 aromatic heterocycles. The minimum atomic E-state index is -0.00785. The summed E-state index contributed by atoms with van der Waals surface area (Å²) in [7, 11) is 0. The number of carbonyl (C=O) groups is 1. The molecule has 1 aromatic carbocycles. The Morgan fingerprint density at radius 3 is 2.85 bits per heavy atom. The Morgan fingerprint density at radius 2 is 2.20 bits per heavy atom. The second-order valence-electron chi connectivity index (χ2n) is 5.33. The molecule has 1 amide bonds. The van der Waals surface area contributed by atoms with Gasteiger partial charge in [0, 0.05) is 17.0 Å². The molecule has 0 saturated carbocycles. The minimum Gasteiger partial charge on any atom is -0.351 e. The highest BCUT2D eigenvalue weighted by atomic mass is 32.2. The molecule has 0 bridgehead atoms. The first-order valence-corrected chi connectivity index (χ1v) is 8.34. The van der Waals surface area contributed by atoms with Crippen molar-refractivity contribution in [3.8, 4) is 0 Å². The zero-order valence-corrected chi connectivity index (χ0v) is 13.1. The predicted octanol–water partition coefficient (Wildman–Crippen LogP) is 2.81. The number of nitrogens with one attached hydrogen (secondary N) is 2. The van der Waals surface area contributed by atoms with Gasteiger partial charge >= 0.3 is 0 Å². The molecule has 2 N–H and O–H groups in total. The quantitative estimate of drug-likeness (QED) is 0.820. The molecule has 1 aliphatic rings. The second kappa shape index (κ2) is 7.70. The lowest BCUT2D eigenvalue weighted by molar-refractivity contribution is -0.121. The van der Waals surface area contributed by atoms with E-state index in [1.165, 1.54) is 0 Å². The Balaban J connectivity index is 1.91. The average molecular weight is 292 g/mol. The van der Waals surface area contributed by atoms with E-state index >= 15 is 0 Å². The summed E-state index contributed by atoms with van der Waals surface area (Å²) in [6, 6.07) is 10.8. The average Bonchev–Trinajstić information content (AvgIpc) is 2.48. The highest BCUT2D eigenvalue weighted by molar-refractivity contribution is 8.00. The maximum absolute atomic E-state index is 12.4. The summed E-state index contributed by atoms with van der Waals surface area (Å²) in [4.78, 5) is 13.6. The van der Waals surface area contributed by atoms with Crippen LogP contribution in [0.5, 0.6) is 0 Å². The number of amides is 1. The molecule has 0 aliphatic carbocycles. The first-order chi connectivity index (χ1) is 9.70. The van der Waals surface area contributed by atoms with E-state index in [1.54, 1.807) is 11.8 Å². The van der Waals surface area contributed by atoms with Crippen molar-refractivity contribution >= 4 is 17.7 Å². The van der Waals surface area contributed by atoms with Crippen LogP contribution in [0.15, 0.2) is 35.2 Å². The normalized spacial score (nSPS) is 24.1. The highest BCUT2D eigenvalue weighted by Crippen LogP contribution is 2.25. The molecule has 0 radical (unpaired) electrons. The monoisotopic (exact) mass is 292 g/mol. The van der Waals surface area contributed by atoms with Gasteiger partial charge in [0.1, 0.15) is 0 Å². The summed E-state index contributed by atoms with van der Waals surface area (Å²) in [5.74, 6) is 0.168. The molecular formula is C16H24N2OS. The number of hydrogen-bond donors (Lipinski definition) is 2. The van der Waals surface area contributed by atoms with Crippen LogP contribution in [0.25, 0.3) is 0 Å². The molecule has 2 rings (SSSR count). The van der Waals surface area contributed by atoms with Crippen molar-refractivity contribution in [1.82, 2.24) is 10.6 Å². The molecule has 1 aromatic rings. The zero-order valence-electron chi connectivity index (χ0n) is 12.3. The van der Waals surface area contributed by atoms with Crippen LogP contribution in [0, 0.1) is 0 Å².